The van der Waals surface area contributed by atoms with Gasteiger partial charge in [0.1, 0.15) is 0 Å². The van der Waals surface area contributed by atoms with E-state index in [2.05, 4.69) is 66.7 Å². The molecule has 1 saturated carbocycles. The van der Waals surface area contributed by atoms with Gasteiger partial charge in [-0.1, -0.05) is 37.3 Å². The molecule has 5 aliphatic rings. The summed E-state index contributed by atoms with van der Waals surface area (Å²) in [6.07, 6.45) is 4.46. The first-order valence-electron chi connectivity index (χ1n) is 14.4. The van der Waals surface area contributed by atoms with Crippen LogP contribution in [0, 0.1) is 12.3 Å². The van der Waals surface area contributed by atoms with E-state index in [4.69, 9.17) is 19.6 Å². The lowest BCUT2D eigenvalue weighted by Crippen LogP contribution is -2.69. The molecule has 4 atom stereocenters. The number of aromatic nitrogens is 3. The van der Waals surface area contributed by atoms with Gasteiger partial charge in [0.05, 0.1) is 37.7 Å². The number of rotatable bonds is 5. The number of ether oxygens (including phenoxy) is 2. The third-order valence-electron chi connectivity index (χ3n) is 9.64. The average Bonchev–Trinajstić information content (AvgIpc) is 3.73. The van der Waals surface area contributed by atoms with Crippen LogP contribution in [0.15, 0.2) is 42.6 Å². The number of nitrogens with one attached hydrogen (secondary N) is 1. The number of nitrogens with zero attached hydrogens (tertiary/aromatic N) is 5. The van der Waals surface area contributed by atoms with Crippen molar-refractivity contribution in [2.45, 2.75) is 50.2 Å². The molecule has 212 valence electrons. The van der Waals surface area contributed by atoms with Gasteiger partial charge in [0.2, 0.25) is 0 Å². The second-order valence-electron chi connectivity index (χ2n) is 12.4. The topological polar surface area (TPSA) is 104 Å². The molecule has 2 amide bonds. The summed E-state index contributed by atoms with van der Waals surface area (Å²) >= 11 is 0. The van der Waals surface area contributed by atoms with Gasteiger partial charge in [-0.2, -0.15) is 0 Å². The first-order chi connectivity index (χ1) is 19.4. The Kier molecular flexibility index (Phi) is 6.07. The number of carbonyl (C=O) groups excluding carboxylic acids is 1. The zero-order chi connectivity index (χ0) is 27.5. The SMILES string of the molecule is Cc1cc(N2CC[C@](C)(c3ccccc3)C2)cn2nc(C34CC(CO)(CO3)C4N3CCCOCCNC3=O)nc12. The number of benzene rings is 1. The monoisotopic (exact) mass is 546 g/mol. The molecule has 0 spiro atoms. The van der Waals surface area contributed by atoms with Crippen molar-refractivity contribution in [2.24, 2.45) is 5.41 Å². The van der Waals surface area contributed by atoms with Gasteiger partial charge < -0.3 is 29.7 Å². The van der Waals surface area contributed by atoms with Gasteiger partial charge >= 0.3 is 6.03 Å². The highest BCUT2D eigenvalue weighted by Crippen LogP contribution is 2.64. The molecule has 1 aromatic carbocycles. The maximum atomic E-state index is 13.2. The maximum Gasteiger partial charge on any atom is 0.317 e. The van der Waals surface area contributed by atoms with Crippen LogP contribution >= 0.6 is 0 Å². The second-order valence-corrected chi connectivity index (χ2v) is 12.4. The van der Waals surface area contributed by atoms with E-state index in [0.717, 1.165) is 42.8 Å². The van der Waals surface area contributed by atoms with E-state index in [1.54, 1.807) is 0 Å². The molecule has 0 radical (unpaired) electrons. The van der Waals surface area contributed by atoms with E-state index in [1.807, 2.05) is 9.42 Å². The molecule has 40 heavy (non-hydrogen) atoms. The van der Waals surface area contributed by atoms with Crippen LogP contribution in [0.3, 0.4) is 0 Å². The highest BCUT2D eigenvalue weighted by Gasteiger charge is 2.75. The Balaban J connectivity index is 1.21. The number of aliphatic hydroxyl groups is 1. The lowest BCUT2D eigenvalue weighted by atomic mass is 9.57. The summed E-state index contributed by atoms with van der Waals surface area (Å²) in [4.78, 5) is 22.5. The lowest BCUT2D eigenvalue weighted by molar-refractivity contribution is -0.118. The van der Waals surface area contributed by atoms with Crippen molar-refractivity contribution in [3.8, 4) is 0 Å². The van der Waals surface area contributed by atoms with Crippen molar-refractivity contribution < 1.29 is 19.4 Å². The molecule has 2 bridgehead atoms. The predicted octanol–water partition coefficient (Wildman–Crippen LogP) is 2.61. The number of urea groups is 1. The molecular weight excluding hydrogens is 508 g/mol. The Morgan fingerprint density at radius 1 is 1.20 bits per heavy atom. The molecule has 6 heterocycles. The number of fused-ring (bicyclic) bond motifs is 2. The van der Waals surface area contributed by atoms with Gasteiger partial charge in [-0.25, -0.2) is 14.3 Å². The van der Waals surface area contributed by atoms with Crippen LogP contribution in [0.4, 0.5) is 10.5 Å². The molecule has 3 aromatic rings. The van der Waals surface area contributed by atoms with E-state index in [9.17, 15) is 9.90 Å². The van der Waals surface area contributed by atoms with Crippen LogP contribution < -0.4 is 10.2 Å². The first-order valence-corrected chi connectivity index (χ1v) is 14.4. The van der Waals surface area contributed by atoms with E-state index in [1.165, 1.54) is 5.56 Å². The Bertz CT molecular complexity index is 1430. The Morgan fingerprint density at radius 2 is 2.05 bits per heavy atom. The molecule has 1 aliphatic carbocycles. The summed E-state index contributed by atoms with van der Waals surface area (Å²) in [5.41, 5.74) is 3.07. The van der Waals surface area contributed by atoms with E-state index < -0.39 is 11.0 Å². The summed E-state index contributed by atoms with van der Waals surface area (Å²) in [7, 11) is 0. The van der Waals surface area contributed by atoms with Crippen molar-refractivity contribution >= 4 is 17.4 Å². The minimum absolute atomic E-state index is 0.0502. The number of pyridine rings is 1. The van der Waals surface area contributed by atoms with Crippen molar-refractivity contribution in [1.82, 2.24) is 24.8 Å². The van der Waals surface area contributed by atoms with Crippen molar-refractivity contribution in [2.75, 3.05) is 57.5 Å². The van der Waals surface area contributed by atoms with E-state index in [0.29, 0.717) is 45.2 Å². The molecule has 8 rings (SSSR count). The van der Waals surface area contributed by atoms with Gasteiger partial charge in [-0.3, -0.25) is 0 Å². The summed E-state index contributed by atoms with van der Waals surface area (Å²) in [5.74, 6) is 0.582. The summed E-state index contributed by atoms with van der Waals surface area (Å²) in [6.45, 7) is 8.71. The Labute approximate surface area is 234 Å². The molecule has 2 aromatic heterocycles. The van der Waals surface area contributed by atoms with Crippen molar-refractivity contribution in [3.05, 3.63) is 59.5 Å². The molecule has 4 aliphatic heterocycles. The van der Waals surface area contributed by atoms with Gasteiger partial charge in [0.25, 0.3) is 0 Å². The fraction of sp³-hybridized carbons (Fsp3) is 0.567. The number of anilines is 1. The Morgan fingerprint density at radius 3 is 2.88 bits per heavy atom. The fourth-order valence-corrected chi connectivity index (χ4v) is 7.51. The average molecular weight is 547 g/mol. The van der Waals surface area contributed by atoms with Crippen LogP contribution in [0.25, 0.3) is 5.65 Å². The minimum atomic E-state index is -0.840. The normalized spacial score (nSPS) is 32.5. The van der Waals surface area contributed by atoms with E-state index in [-0.39, 0.29) is 24.1 Å². The molecule has 2 N–H and O–H groups in total. The molecule has 10 heteroatoms. The van der Waals surface area contributed by atoms with Crippen LogP contribution in [0.2, 0.25) is 0 Å². The summed E-state index contributed by atoms with van der Waals surface area (Å²) in [5, 5.41) is 18.4. The number of hydrogen-bond acceptors (Lipinski definition) is 7. The number of aliphatic hydroxyl groups excluding tert-OH is 1. The predicted molar refractivity (Wildman–Crippen MR) is 149 cm³/mol. The first kappa shape index (κ1) is 25.7. The number of amides is 2. The highest BCUT2D eigenvalue weighted by atomic mass is 16.5. The van der Waals surface area contributed by atoms with Crippen LogP contribution in [0.1, 0.15) is 43.1 Å². The third kappa shape index (κ3) is 3.83. The number of carbonyl (C=O) groups is 1. The third-order valence-corrected chi connectivity index (χ3v) is 9.64. The number of aryl methyl sites for hydroxylation is 1. The fourth-order valence-electron chi connectivity index (χ4n) is 7.51. The molecule has 10 nitrogen and oxygen atoms in total. The minimum Gasteiger partial charge on any atom is -0.396 e. The molecular formula is C30H38N6O4. The van der Waals surface area contributed by atoms with Gasteiger partial charge in [-0.15, -0.1) is 5.10 Å². The van der Waals surface area contributed by atoms with Crippen LogP contribution in [0.5, 0.6) is 0 Å². The zero-order valence-corrected chi connectivity index (χ0v) is 23.3. The van der Waals surface area contributed by atoms with Gasteiger partial charge in [0, 0.05) is 43.6 Å². The largest absolute Gasteiger partial charge is 0.396 e. The Hall–Kier alpha value is -3.21. The zero-order valence-electron chi connectivity index (χ0n) is 23.3. The standard InChI is InChI=1S/C30H38N6O4/c1-21-15-23(34-12-9-28(2,18-34)22-7-4-3-5-8-22)16-36-24(21)32-26(33-36)30-17-29(19-37,20-40-30)25(30)35-11-6-13-39-14-10-31-27(35)38/h3-5,7-8,15-16,25,37H,6,9-14,17-20H2,1-2H3,(H,31,38)/t25?,28-,29?,30?/m0/s1. The molecule has 5 fully saturated rings. The van der Waals surface area contributed by atoms with E-state index >= 15 is 0 Å². The molecule has 4 saturated heterocycles. The molecule has 3 unspecified atom stereocenters. The van der Waals surface area contributed by atoms with Crippen molar-refractivity contribution in [3.63, 3.8) is 0 Å². The van der Waals surface area contributed by atoms with Gasteiger partial charge in [0.15, 0.2) is 17.1 Å². The van der Waals surface area contributed by atoms with Crippen molar-refractivity contribution in [1.29, 1.82) is 0 Å². The summed E-state index contributed by atoms with van der Waals surface area (Å²) < 4.78 is 13.9. The number of hydrogen-bond donors (Lipinski definition) is 2. The van der Waals surface area contributed by atoms with Crippen LogP contribution in [-0.4, -0.2) is 89.3 Å². The quantitative estimate of drug-likeness (QED) is 0.507. The maximum absolute atomic E-state index is 13.2. The van der Waals surface area contributed by atoms with Gasteiger partial charge in [-0.05, 0) is 43.4 Å². The highest BCUT2D eigenvalue weighted by molar-refractivity contribution is 5.75. The lowest BCUT2D eigenvalue weighted by Gasteiger charge is -2.54. The summed E-state index contributed by atoms with van der Waals surface area (Å²) in [6, 6.07) is 12.5. The van der Waals surface area contributed by atoms with Crippen LogP contribution in [-0.2, 0) is 20.5 Å². The smallest absolute Gasteiger partial charge is 0.317 e. The second kappa shape index (κ2) is 9.43.